The van der Waals surface area contributed by atoms with E-state index in [4.69, 9.17) is 11.1 Å². The Morgan fingerprint density at radius 3 is 2.70 bits per heavy atom. The predicted molar refractivity (Wildman–Crippen MR) is 80.8 cm³/mol. The lowest BCUT2D eigenvalue weighted by Crippen LogP contribution is -2.28. The number of hydrogen-bond acceptors (Lipinski definition) is 4. The summed E-state index contributed by atoms with van der Waals surface area (Å²) in [6.07, 6.45) is 7.80. The fourth-order valence-electron chi connectivity index (χ4n) is 2.07. The van der Waals surface area contributed by atoms with Crippen LogP contribution in [0.2, 0.25) is 0 Å². The zero-order valence-corrected chi connectivity index (χ0v) is 11.6. The van der Waals surface area contributed by atoms with Gasteiger partial charge in [-0.1, -0.05) is 6.07 Å². The first-order valence-corrected chi connectivity index (χ1v) is 6.54. The molecule has 0 saturated carbocycles. The molecule has 5 heteroatoms. The molecule has 2 rings (SSSR count). The summed E-state index contributed by atoms with van der Waals surface area (Å²) in [6, 6.07) is 5.97. The summed E-state index contributed by atoms with van der Waals surface area (Å²) < 4.78 is 0. The third kappa shape index (κ3) is 3.78. The number of pyridine rings is 2. The van der Waals surface area contributed by atoms with Crippen molar-refractivity contribution in [3.63, 3.8) is 0 Å². The normalized spacial score (nSPS) is 10.2. The van der Waals surface area contributed by atoms with E-state index in [1.807, 2.05) is 37.5 Å². The molecule has 0 spiro atoms. The molecule has 0 amide bonds. The Labute approximate surface area is 119 Å². The molecule has 3 N–H and O–H groups in total. The molecule has 0 atom stereocenters. The van der Waals surface area contributed by atoms with Crippen molar-refractivity contribution in [2.45, 2.75) is 19.9 Å². The lowest BCUT2D eigenvalue weighted by Gasteiger charge is -2.26. The molecule has 20 heavy (non-hydrogen) atoms. The summed E-state index contributed by atoms with van der Waals surface area (Å²) in [5.41, 5.74) is 8.84. The highest BCUT2D eigenvalue weighted by Gasteiger charge is 2.10. The van der Waals surface area contributed by atoms with Crippen molar-refractivity contribution in [2.75, 3.05) is 11.4 Å². The zero-order valence-electron chi connectivity index (χ0n) is 11.6. The van der Waals surface area contributed by atoms with Gasteiger partial charge in [-0.2, -0.15) is 0 Å². The maximum atomic E-state index is 7.41. The topological polar surface area (TPSA) is 78.9 Å². The number of rotatable bonds is 6. The smallest absolute Gasteiger partial charge is 0.0923 e. The second-order valence-corrected chi connectivity index (χ2v) is 4.72. The minimum absolute atomic E-state index is 0.202. The van der Waals surface area contributed by atoms with Gasteiger partial charge in [-0.05, 0) is 30.2 Å². The van der Waals surface area contributed by atoms with Crippen LogP contribution in [0, 0.1) is 12.3 Å². The first kappa shape index (κ1) is 14.0. The van der Waals surface area contributed by atoms with Crippen molar-refractivity contribution in [3.05, 3.63) is 54.1 Å². The van der Waals surface area contributed by atoms with Crippen LogP contribution in [0.4, 0.5) is 5.69 Å². The lowest BCUT2D eigenvalue weighted by molar-refractivity contribution is 0.794. The Bertz CT molecular complexity index is 567. The van der Waals surface area contributed by atoms with Gasteiger partial charge in [0, 0.05) is 50.0 Å². The minimum Gasteiger partial charge on any atom is -0.388 e. The Morgan fingerprint density at radius 2 is 2.05 bits per heavy atom. The molecule has 0 aliphatic heterocycles. The second-order valence-electron chi connectivity index (χ2n) is 4.72. The first-order chi connectivity index (χ1) is 9.66. The molecule has 5 nitrogen and oxygen atoms in total. The average Bonchev–Trinajstić information content (AvgIpc) is 2.45. The standard InChI is InChI=1S/C15H19N5/c1-12-9-19-7-4-14(12)20(8-5-15(16)17)11-13-3-2-6-18-10-13/h2-4,6-7,9-10H,5,8,11H2,1H3,(H3,16,17). The quantitative estimate of drug-likeness (QED) is 0.622. The number of amidine groups is 1. The molecule has 0 fully saturated rings. The Hall–Kier alpha value is -2.43. The summed E-state index contributed by atoms with van der Waals surface area (Å²) >= 11 is 0. The SMILES string of the molecule is Cc1cnccc1N(CCC(=N)N)Cc1cccnc1. The third-order valence-electron chi connectivity index (χ3n) is 3.08. The summed E-state index contributed by atoms with van der Waals surface area (Å²) in [6.45, 7) is 3.48. The molecular weight excluding hydrogens is 250 g/mol. The highest BCUT2D eigenvalue weighted by Crippen LogP contribution is 2.20. The highest BCUT2D eigenvalue weighted by atomic mass is 15.1. The highest BCUT2D eigenvalue weighted by molar-refractivity contribution is 5.77. The zero-order chi connectivity index (χ0) is 14.4. The molecule has 2 heterocycles. The third-order valence-corrected chi connectivity index (χ3v) is 3.08. The maximum absolute atomic E-state index is 7.41. The average molecular weight is 269 g/mol. The van der Waals surface area contributed by atoms with Crippen LogP contribution in [0.1, 0.15) is 17.5 Å². The number of hydrogen-bond donors (Lipinski definition) is 2. The van der Waals surface area contributed by atoms with Crippen molar-refractivity contribution in [2.24, 2.45) is 5.73 Å². The van der Waals surface area contributed by atoms with Crippen LogP contribution in [0.5, 0.6) is 0 Å². The van der Waals surface area contributed by atoms with E-state index in [9.17, 15) is 0 Å². The number of nitrogens with two attached hydrogens (primary N) is 1. The molecule has 2 aromatic heterocycles. The first-order valence-electron chi connectivity index (χ1n) is 6.54. The molecule has 0 aliphatic carbocycles. The largest absolute Gasteiger partial charge is 0.388 e. The molecule has 2 aromatic rings. The number of nitrogens with zero attached hydrogens (tertiary/aromatic N) is 3. The number of nitrogens with one attached hydrogen (secondary N) is 1. The molecule has 0 saturated heterocycles. The molecule has 104 valence electrons. The molecule has 0 radical (unpaired) electrons. The molecule has 0 bridgehead atoms. The van der Waals surface area contributed by atoms with Crippen LogP contribution < -0.4 is 10.6 Å². The van der Waals surface area contributed by atoms with Gasteiger partial charge in [-0.25, -0.2) is 0 Å². The Kier molecular flexibility index (Phi) is 4.65. The van der Waals surface area contributed by atoms with Gasteiger partial charge in [-0.15, -0.1) is 0 Å². The van der Waals surface area contributed by atoms with E-state index in [0.29, 0.717) is 13.0 Å². The number of anilines is 1. The van der Waals surface area contributed by atoms with E-state index in [2.05, 4.69) is 14.9 Å². The van der Waals surface area contributed by atoms with Crippen LogP contribution in [-0.2, 0) is 6.54 Å². The van der Waals surface area contributed by atoms with Gasteiger partial charge in [0.05, 0.1) is 5.84 Å². The van der Waals surface area contributed by atoms with Crippen LogP contribution in [0.3, 0.4) is 0 Å². The van der Waals surface area contributed by atoms with E-state index in [-0.39, 0.29) is 5.84 Å². The summed E-state index contributed by atoms with van der Waals surface area (Å²) in [4.78, 5) is 10.5. The molecule has 0 aliphatic rings. The van der Waals surface area contributed by atoms with Crippen LogP contribution in [-0.4, -0.2) is 22.3 Å². The fourth-order valence-corrected chi connectivity index (χ4v) is 2.07. The molecule has 0 unspecified atom stereocenters. The second kappa shape index (κ2) is 6.65. The summed E-state index contributed by atoms with van der Waals surface area (Å²) in [5, 5.41) is 7.41. The molecule has 0 aromatic carbocycles. The van der Waals surface area contributed by atoms with Gasteiger partial charge in [0.2, 0.25) is 0 Å². The van der Waals surface area contributed by atoms with Gasteiger partial charge in [-0.3, -0.25) is 15.4 Å². The number of aryl methyl sites for hydroxylation is 1. The van der Waals surface area contributed by atoms with Gasteiger partial charge >= 0.3 is 0 Å². The van der Waals surface area contributed by atoms with Crippen LogP contribution >= 0.6 is 0 Å². The van der Waals surface area contributed by atoms with Gasteiger partial charge < -0.3 is 10.6 Å². The Morgan fingerprint density at radius 1 is 1.25 bits per heavy atom. The van der Waals surface area contributed by atoms with Crippen LogP contribution in [0.15, 0.2) is 43.0 Å². The van der Waals surface area contributed by atoms with E-state index in [1.54, 1.807) is 12.4 Å². The van der Waals surface area contributed by atoms with E-state index < -0.39 is 0 Å². The summed E-state index contributed by atoms with van der Waals surface area (Å²) in [7, 11) is 0. The monoisotopic (exact) mass is 269 g/mol. The number of aromatic nitrogens is 2. The van der Waals surface area contributed by atoms with Gasteiger partial charge in [0.1, 0.15) is 0 Å². The van der Waals surface area contributed by atoms with E-state index in [1.165, 1.54) is 0 Å². The van der Waals surface area contributed by atoms with Crippen molar-refractivity contribution < 1.29 is 0 Å². The fraction of sp³-hybridized carbons (Fsp3) is 0.267. The van der Waals surface area contributed by atoms with Gasteiger partial charge in [0.25, 0.3) is 0 Å². The Balaban J connectivity index is 2.20. The summed E-state index contributed by atoms with van der Waals surface area (Å²) in [5.74, 6) is 0.202. The van der Waals surface area contributed by atoms with E-state index in [0.717, 1.165) is 23.4 Å². The van der Waals surface area contributed by atoms with E-state index >= 15 is 0 Å². The minimum atomic E-state index is 0.202. The van der Waals surface area contributed by atoms with Crippen molar-refractivity contribution in [1.82, 2.24) is 9.97 Å². The van der Waals surface area contributed by atoms with Crippen LogP contribution in [0.25, 0.3) is 0 Å². The van der Waals surface area contributed by atoms with Crippen molar-refractivity contribution in [1.29, 1.82) is 5.41 Å². The lowest BCUT2D eigenvalue weighted by atomic mass is 10.2. The predicted octanol–water partition coefficient (Wildman–Crippen LogP) is 2.12. The van der Waals surface area contributed by atoms with Crippen molar-refractivity contribution >= 4 is 11.5 Å². The van der Waals surface area contributed by atoms with Gasteiger partial charge in [0.15, 0.2) is 0 Å². The maximum Gasteiger partial charge on any atom is 0.0923 e. The molecular formula is C15H19N5. The van der Waals surface area contributed by atoms with Crippen molar-refractivity contribution in [3.8, 4) is 0 Å².